The van der Waals surface area contributed by atoms with Gasteiger partial charge in [0.2, 0.25) is 0 Å². The van der Waals surface area contributed by atoms with Gasteiger partial charge in [0.1, 0.15) is 13.1 Å². The molecule has 1 fully saturated rings. The third-order valence-corrected chi connectivity index (χ3v) is 1.44. The van der Waals surface area contributed by atoms with Crippen LogP contribution in [0.25, 0.3) is 0 Å². The minimum Gasteiger partial charge on any atom is -0.260 e. The normalized spacial score (nSPS) is 22.6. The highest BCUT2D eigenvalue weighted by Gasteiger charge is 2.41. The van der Waals surface area contributed by atoms with E-state index in [1.807, 2.05) is 7.05 Å². The Morgan fingerprint density at radius 1 is 1.75 bits per heavy atom. The van der Waals surface area contributed by atoms with E-state index in [4.69, 9.17) is 0 Å². The maximum atomic E-state index is 9.84. The van der Waals surface area contributed by atoms with Gasteiger partial charge in [-0.1, -0.05) is 0 Å². The molecule has 0 spiro atoms. The van der Waals surface area contributed by atoms with Crippen LogP contribution in [-0.2, 0) is 0 Å². The Kier molecular flexibility index (Phi) is 0.973. The lowest BCUT2D eigenvalue weighted by Gasteiger charge is -2.02. The number of nitrogens with zero attached hydrogens (tertiary/aromatic N) is 2. The fourth-order valence-electron chi connectivity index (χ4n) is 0.591. The smallest absolute Gasteiger partial charge is 0.260 e. The quantitative estimate of drug-likeness (QED) is 0.215. The molecule has 0 bridgehead atoms. The average Bonchev–Trinajstić information content (AvgIpc) is 2.17. The molecule has 1 heterocycles. The molecule has 46 valence electrons. The van der Waals surface area contributed by atoms with E-state index in [-0.39, 0.29) is 11.6 Å². The molecule has 4 nitrogen and oxygen atoms in total. The van der Waals surface area contributed by atoms with E-state index < -0.39 is 0 Å². The van der Waals surface area contributed by atoms with Crippen molar-refractivity contribution in [3.63, 3.8) is 0 Å². The predicted octanol–water partition coefficient (Wildman–Crippen LogP) is -0.319. The van der Waals surface area contributed by atoms with Crippen molar-refractivity contribution in [3.05, 3.63) is 10.1 Å². The zero-order valence-electron chi connectivity index (χ0n) is 4.83. The van der Waals surface area contributed by atoms with Crippen LogP contribution in [0.2, 0.25) is 0 Å². The Labute approximate surface area is 47.5 Å². The summed E-state index contributed by atoms with van der Waals surface area (Å²) in [5.41, 5.74) is 0. The first-order valence-corrected chi connectivity index (χ1v) is 2.58. The number of rotatable bonds is 2. The number of nitro groups is 1. The van der Waals surface area contributed by atoms with Crippen molar-refractivity contribution < 1.29 is 9.41 Å². The van der Waals surface area contributed by atoms with Crippen molar-refractivity contribution in [3.8, 4) is 0 Å². The van der Waals surface area contributed by atoms with Crippen molar-refractivity contribution in [1.29, 1.82) is 0 Å². The molecular formula is C4H9N2O2+. The summed E-state index contributed by atoms with van der Waals surface area (Å²) in [6.07, 6.45) is 0. The SMILES string of the molecule is C[N+]1(C[N+](=O)[O-])CC1. The minimum atomic E-state index is -0.257. The molecule has 4 heteroatoms. The highest BCUT2D eigenvalue weighted by atomic mass is 16.6. The predicted molar refractivity (Wildman–Crippen MR) is 27.8 cm³/mol. The summed E-state index contributed by atoms with van der Waals surface area (Å²) >= 11 is 0. The molecule has 0 aromatic carbocycles. The first-order valence-electron chi connectivity index (χ1n) is 2.58. The molecule has 0 aromatic heterocycles. The van der Waals surface area contributed by atoms with Crippen molar-refractivity contribution in [2.75, 3.05) is 26.8 Å². The number of quaternary nitrogens is 1. The number of likely N-dealkylation sites (N-methyl/N-ethyl adjacent to an activating group) is 1. The fourth-order valence-corrected chi connectivity index (χ4v) is 0.591. The summed E-state index contributed by atoms with van der Waals surface area (Å²) in [5, 5.41) is 9.84. The highest BCUT2D eigenvalue weighted by Crippen LogP contribution is 2.14. The molecule has 0 saturated carbocycles. The second kappa shape index (κ2) is 1.42. The third kappa shape index (κ3) is 1.16. The van der Waals surface area contributed by atoms with E-state index in [1.165, 1.54) is 0 Å². The number of hydrogen-bond acceptors (Lipinski definition) is 2. The first kappa shape index (κ1) is 5.50. The second-order valence-corrected chi connectivity index (χ2v) is 2.54. The van der Waals surface area contributed by atoms with E-state index in [9.17, 15) is 10.1 Å². The average molecular weight is 117 g/mol. The van der Waals surface area contributed by atoms with Gasteiger partial charge in [0.15, 0.2) is 0 Å². The molecule has 0 aliphatic carbocycles. The molecule has 1 saturated heterocycles. The van der Waals surface area contributed by atoms with Crippen LogP contribution in [0.4, 0.5) is 0 Å². The van der Waals surface area contributed by atoms with Gasteiger partial charge in [-0.3, -0.25) is 14.6 Å². The summed E-state index contributed by atoms with van der Waals surface area (Å²) in [4.78, 5) is 9.59. The van der Waals surface area contributed by atoms with Crippen LogP contribution in [0.1, 0.15) is 0 Å². The topological polar surface area (TPSA) is 43.1 Å². The zero-order valence-corrected chi connectivity index (χ0v) is 4.83. The Hall–Kier alpha value is -0.640. The summed E-state index contributed by atoms with van der Waals surface area (Å²) in [7, 11) is 1.89. The molecule has 8 heavy (non-hydrogen) atoms. The van der Waals surface area contributed by atoms with E-state index in [2.05, 4.69) is 0 Å². The Morgan fingerprint density at radius 2 is 2.25 bits per heavy atom. The van der Waals surface area contributed by atoms with Crippen molar-refractivity contribution in [2.45, 2.75) is 0 Å². The molecule has 0 amide bonds. The monoisotopic (exact) mass is 117 g/mol. The molecule has 0 N–H and O–H groups in total. The summed E-state index contributed by atoms with van der Waals surface area (Å²) in [5.74, 6) is 0. The minimum absolute atomic E-state index is 0.0972. The third-order valence-electron chi connectivity index (χ3n) is 1.44. The maximum absolute atomic E-state index is 9.84. The highest BCUT2D eigenvalue weighted by molar-refractivity contribution is 4.45. The van der Waals surface area contributed by atoms with Gasteiger partial charge in [-0.15, -0.1) is 0 Å². The number of hydrogen-bond donors (Lipinski definition) is 0. The van der Waals surface area contributed by atoms with E-state index in [0.717, 1.165) is 13.1 Å². The van der Waals surface area contributed by atoms with E-state index in [1.54, 1.807) is 0 Å². The lowest BCUT2D eigenvalue weighted by molar-refractivity contribution is -0.873. The Morgan fingerprint density at radius 3 is 2.38 bits per heavy atom. The van der Waals surface area contributed by atoms with E-state index in [0.29, 0.717) is 4.48 Å². The molecule has 0 aromatic rings. The van der Waals surface area contributed by atoms with Gasteiger partial charge in [-0.25, -0.2) is 0 Å². The van der Waals surface area contributed by atoms with E-state index >= 15 is 0 Å². The van der Waals surface area contributed by atoms with Gasteiger partial charge >= 0.3 is 6.67 Å². The van der Waals surface area contributed by atoms with Crippen LogP contribution in [0.5, 0.6) is 0 Å². The zero-order chi connectivity index (χ0) is 6.20. The molecule has 0 radical (unpaired) electrons. The lowest BCUT2D eigenvalue weighted by Crippen LogP contribution is -2.26. The van der Waals surface area contributed by atoms with Crippen LogP contribution < -0.4 is 0 Å². The van der Waals surface area contributed by atoms with Crippen LogP contribution in [-0.4, -0.2) is 36.2 Å². The van der Waals surface area contributed by atoms with Gasteiger partial charge < -0.3 is 0 Å². The van der Waals surface area contributed by atoms with Gasteiger partial charge in [0.05, 0.1) is 12.0 Å². The van der Waals surface area contributed by atoms with Crippen molar-refractivity contribution >= 4 is 0 Å². The van der Waals surface area contributed by atoms with Gasteiger partial charge in [0.25, 0.3) is 0 Å². The van der Waals surface area contributed by atoms with Gasteiger partial charge in [-0.05, 0) is 0 Å². The Bertz CT molecular complexity index is 119. The second-order valence-electron chi connectivity index (χ2n) is 2.54. The molecule has 0 atom stereocenters. The lowest BCUT2D eigenvalue weighted by atomic mass is 10.9. The molecular weight excluding hydrogens is 108 g/mol. The summed E-state index contributed by atoms with van der Waals surface area (Å²) in [6, 6.07) is 0. The van der Waals surface area contributed by atoms with Crippen LogP contribution in [0.3, 0.4) is 0 Å². The van der Waals surface area contributed by atoms with Gasteiger partial charge in [0, 0.05) is 0 Å². The standard InChI is InChI=1S/C4H9N2O2/c1-6(2-3-6)4-5(7)8/h2-4H2,1H3/q+1. The first-order chi connectivity index (χ1) is 3.62. The maximum Gasteiger partial charge on any atom is 0.328 e. The molecule has 1 rings (SSSR count). The fraction of sp³-hybridized carbons (Fsp3) is 1.00. The molecule has 0 unspecified atom stereocenters. The molecule has 1 aliphatic heterocycles. The summed E-state index contributed by atoms with van der Waals surface area (Å²) < 4.78 is 0.632. The molecule has 1 aliphatic rings. The van der Waals surface area contributed by atoms with Crippen molar-refractivity contribution in [1.82, 2.24) is 0 Å². The van der Waals surface area contributed by atoms with Crippen LogP contribution in [0.15, 0.2) is 0 Å². The van der Waals surface area contributed by atoms with Crippen LogP contribution in [0, 0.1) is 10.1 Å². The van der Waals surface area contributed by atoms with Crippen molar-refractivity contribution in [2.24, 2.45) is 0 Å². The largest absolute Gasteiger partial charge is 0.328 e. The van der Waals surface area contributed by atoms with Gasteiger partial charge in [-0.2, -0.15) is 0 Å². The van der Waals surface area contributed by atoms with Crippen LogP contribution >= 0.6 is 0 Å². The Balaban J connectivity index is 2.29. The summed E-state index contributed by atoms with van der Waals surface area (Å²) in [6.45, 7) is 2.04.